The van der Waals surface area contributed by atoms with Gasteiger partial charge >= 0.3 is 0 Å². The lowest BCUT2D eigenvalue weighted by Crippen LogP contribution is -2.44. The molecule has 2 rings (SSSR count). The number of ether oxygens (including phenoxy) is 1. The second-order valence-corrected chi connectivity index (χ2v) is 6.25. The molecule has 0 bridgehead atoms. The Hall–Kier alpha value is -0.780. The minimum absolute atomic E-state index is 0.0837. The molecule has 0 aromatic carbocycles. The van der Waals surface area contributed by atoms with E-state index in [9.17, 15) is 4.79 Å². The normalized spacial score (nSPS) is 18.0. The van der Waals surface area contributed by atoms with Gasteiger partial charge in [-0.3, -0.25) is 4.79 Å². The summed E-state index contributed by atoms with van der Waals surface area (Å²) in [6.07, 6.45) is 5.48. The van der Waals surface area contributed by atoms with Crippen LogP contribution in [0.2, 0.25) is 5.02 Å². The number of hydrogen-bond donors (Lipinski definition) is 1. The molecule has 104 valence electrons. The Kier molecular flexibility index (Phi) is 5.07. The van der Waals surface area contributed by atoms with E-state index in [1.807, 2.05) is 0 Å². The van der Waals surface area contributed by atoms with Gasteiger partial charge in [-0.15, -0.1) is 0 Å². The molecule has 1 aliphatic heterocycles. The number of nitrogens with zero attached hydrogens (tertiary/aromatic N) is 1. The Labute approximate surface area is 122 Å². The second kappa shape index (κ2) is 6.59. The average Bonchev–Trinajstić information content (AvgIpc) is 2.46. The van der Waals surface area contributed by atoms with Crippen LogP contribution in [-0.2, 0) is 4.74 Å². The van der Waals surface area contributed by atoms with Crippen LogP contribution in [-0.4, -0.2) is 41.7 Å². The molecule has 1 fully saturated rings. The number of rotatable bonds is 4. The fourth-order valence-electron chi connectivity index (χ4n) is 2.04. The zero-order chi connectivity index (χ0) is 13.7. The molecule has 1 N–H and O–H groups in total. The molecule has 1 aliphatic rings. The highest BCUT2D eigenvalue weighted by atomic mass is 35.5. The van der Waals surface area contributed by atoms with Crippen molar-refractivity contribution in [2.75, 3.05) is 26.0 Å². The number of halogens is 1. The fourth-order valence-corrected chi connectivity index (χ4v) is 2.94. The highest BCUT2D eigenvalue weighted by Crippen LogP contribution is 2.33. The lowest BCUT2D eigenvalue weighted by atomic mass is 9.99. The first kappa shape index (κ1) is 14.6. The summed E-state index contributed by atoms with van der Waals surface area (Å²) in [5.41, 5.74) is 0.396. The van der Waals surface area contributed by atoms with E-state index in [0.717, 1.165) is 26.1 Å². The van der Waals surface area contributed by atoms with Gasteiger partial charge in [-0.2, -0.15) is 11.8 Å². The van der Waals surface area contributed by atoms with Crippen molar-refractivity contribution in [1.29, 1.82) is 0 Å². The Balaban J connectivity index is 1.93. The topological polar surface area (TPSA) is 51.2 Å². The molecule has 0 spiro atoms. The minimum Gasteiger partial charge on any atom is -0.381 e. The van der Waals surface area contributed by atoms with Gasteiger partial charge in [0.15, 0.2) is 0 Å². The van der Waals surface area contributed by atoms with Crippen LogP contribution in [0.15, 0.2) is 18.3 Å². The summed E-state index contributed by atoms with van der Waals surface area (Å²) in [6, 6.07) is 3.30. The number of pyridine rings is 1. The molecule has 0 radical (unpaired) electrons. The van der Waals surface area contributed by atoms with Crippen molar-refractivity contribution >= 4 is 29.3 Å². The fraction of sp³-hybridized carbons (Fsp3) is 0.538. The molecule has 1 amide bonds. The second-order valence-electron chi connectivity index (χ2n) is 4.54. The minimum atomic E-state index is -0.156. The quantitative estimate of drug-likeness (QED) is 0.927. The first-order chi connectivity index (χ1) is 9.15. The van der Waals surface area contributed by atoms with Crippen molar-refractivity contribution in [2.45, 2.75) is 17.6 Å². The van der Waals surface area contributed by atoms with Crippen molar-refractivity contribution in [3.05, 3.63) is 29.0 Å². The first-order valence-electron chi connectivity index (χ1n) is 6.18. The standard InChI is InChI=1S/C13H17ClN2O2S/c1-19-13(4-6-18-7-5-13)9-16-12(17)11-3-2-10(14)8-15-11/h2-3,8H,4-7,9H2,1H3,(H,16,17). The highest BCUT2D eigenvalue weighted by Gasteiger charge is 2.32. The Bertz CT molecular complexity index is 433. The van der Waals surface area contributed by atoms with Crippen LogP contribution < -0.4 is 5.32 Å². The van der Waals surface area contributed by atoms with Gasteiger partial charge in [-0.05, 0) is 31.2 Å². The van der Waals surface area contributed by atoms with E-state index < -0.39 is 0 Å². The molecule has 6 heteroatoms. The van der Waals surface area contributed by atoms with Gasteiger partial charge in [0, 0.05) is 30.7 Å². The van der Waals surface area contributed by atoms with E-state index in [0.29, 0.717) is 17.3 Å². The predicted molar refractivity (Wildman–Crippen MR) is 77.9 cm³/mol. The first-order valence-corrected chi connectivity index (χ1v) is 7.78. The molecule has 1 saturated heterocycles. The summed E-state index contributed by atoms with van der Waals surface area (Å²) < 4.78 is 5.46. The molecule has 0 atom stereocenters. The third kappa shape index (κ3) is 3.84. The molecular formula is C13H17ClN2O2S. The van der Waals surface area contributed by atoms with Gasteiger partial charge in [-0.25, -0.2) is 4.98 Å². The van der Waals surface area contributed by atoms with Crippen LogP contribution in [0.3, 0.4) is 0 Å². The summed E-state index contributed by atoms with van der Waals surface area (Å²) >= 11 is 7.54. The molecule has 0 saturated carbocycles. The molecule has 4 nitrogen and oxygen atoms in total. The van der Waals surface area contributed by atoms with Gasteiger partial charge in [0.25, 0.3) is 5.91 Å². The maximum absolute atomic E-state index is 12.0. The third-order valence-electron chi connectivity index (χ3n) is 3.37. The van der Waals surface area contributed by atoms with Gasteiger partial charge in [0.2, 0.25) is 0 Å². The zero-order valence-corrected chi connectivity index (χ0v) is 12.4. The van der Waals surface area contributed by atoms with Crippen molar-refractivity contribution in [3.8, 4) is 0 Å². The number of carbonyl (C=O) groups excluding carboxylic acids is 1. The van der Waals surface area contributed by atoms with Crippen molar-refractivity contribution in [2.24, 2.45) is 0 Å². The molecule has 19 heavy (non-hydrogen) atoms. The summed E-state index contributed by atoms with van der Waals surface area (Å²) in [4.78, 5) is 16.0. The van der Waals surface area contributed by atoms with Crippen LogP contribution in [0.5, 0.6) is 0 Å². The summed E-state index contributed by atoms with van der Waals surface area (Å²) in [5, 5.41) is 3.49. The average molecular weight is 301 g/mol. The number of hydrogen-bond acceptors (Lipinski definition) is 4. The number of carbonyl (C=O) groups is 1. The Morgan fingerprint density at radius 2 is 2.26 bits per heavy atom. The van der Waals surface area contributed by atoms with E-state index in [1.165, 1.54) is 6.20 Å². The highest BCUT2D eigenvalue weighted by molar-refractivity contribution is 8.00. The number of nitrogens with one attached hydrogen (secondary N) is 1. The summed E-state index contributed by atoms with van der Waals surface area (Å²) in [6.45, 7) is 2.16. The smallest absolute Gasteiger partial charge is 0.269 e. The van der Waals surface area contributed by atoms with Crippen molar-refractivity contribution in [1.82, 2.24) is 10.3 Å². The van der Waals surface area contributed by atoms with E-state index in [2.05, 4.69) is 16.6 Å². The number of aromatic nitrogens is 1. The van der Waals surface area contributed by atoms with Crippen molar-refractivity contribution in [3.63, 3.8) is 0 Å². The zero-order valence-electron chi connectivity index (χ0n) is 10.8. The van der Waals surface area contributed by atoms with Crippen LogP contribution >= 0.6 is 23.4 Å². The van der Waals surface area contributed by atoms with Crippen LogP contribution in [0.25, 0.3) is 0 Å². The molecule has 0 aliphatic carbocycles. The SMILES string of the molecule is CSC1(CNC(=O)c2ccc(Cl)cn2)CCOCC1. The van der Waals surface area contributed by atoms with Gasteiger partial charge in [0.1, 0.15) is 5.69 Å². The van der Waals surface area contributed by atoms with Crippen molar-refractivity contribution < 1.29 is 9.53 Å². The van der Waals surface area contributed by atoms with E-state index in [-0.39, 0.29) is 10.7 Å². The van der Waals surface area contributed by atoms with Gasteiger partial charge < -0.3 is 10.1 Å². The summed E-state index contributed by atoms with van der Waals surface area (Å²) in [5.74, 6) is -0.156. The summed E-state index contributed by atoms with van der Waals surface area (Å²) in [7, 11) is 0. The Morgan fingerprint density at radius 3 is 2.84 bits per heavy atom. The van der Waals surface area contributed by atoms with E-state index in [1.54, 1.807) is 23.9 Å². The van der Waals surface area contributed by atoms with E-state index >= 15 is 0 Å². The Morgan fingerprint density at radius 1 is 1.53 bits per heavy atom. The molecule has 0 unspecified atom stereocenters. The van der Waals surface area contributed by atoms with Crippen LogP contribution in [0.1, 0.15) is 23.3 Å². The van der Waals surface area contributed by atoms with Gasteiger partial charge in [-0.1, -0.05) is 11.6 Å². The largest absolute Gasteiger partial charge is 0.381 e. The maximum Gasteiger partial charge on any atom is 0.269 e. The maximum atomic E-state index is 12.0. The van der Waals surface area contributed by atoms with Crippen LogP contribution in [0, 0.1) is 0 Å². The number of thioether (sulfide) groups is 1. The predicted octanol–water partition coefficient (Wildman–Crippen LogP) is 2.38. The third-order valence-corrected chi connectivity index (χ3v) is 5.01. The molecule has 1 aromatic rings. The lowest BCUT2D eigenvalue weighted by Gasteiger charge is -2.35. The molecule has 2 heterocycles. The monoisotopic (exact) mass is 300 g/mol. The van der Waals surface area contributed by atoms with Gasteiger partial charge in [0.05, 0.1) is 5.02 Å². The van der Waals surface area contributed by atoms with Crippen LogP contribution in [0.4, 0.5) is 0 Å². The molecular weight excluding hydrogens is 284 g/mol. The number of amides is 1. The molecule has 1 aromatic heterocycles. The lowest BCUT2D eigenvalue weighted by molar-refractivity contribution is 0.0741. The van der Waals surface area contributed by atoms with E-state index in [4.69, 9.17) is 16.3 Å².